The molecule has 0 atom stereocenters. The molecule has 0 aliphatic rings. The van der Waals surface area contributed by atoms with Crippen molar-refractivity contribution in [3.63, 3.8) is 0 Å². The first-order chi connectivity index (χ1) is 7.70. The zero-order valence-corrected chi connectivity index (χ0v) is 11.5. The fraction of sp³-hybridized carbons (Fsp3) is 0.273. The maximum absolute atomic E-state index is 4.43. The van der Waals surface area contributed by atoms with E-state index in [0.29, 0.717) is 0 Å². The van der Waals surface area contributed by atoms with Gasteiger partial charge in [-0.3, -0.25) is 0 Å². The number of rotatable bonds is 3. The van der Waals surface area contributed by atoms with Gasteiger partial charge >= 0.3 is 0 Å². The predicted octanol–water partition coefficient (Wildman–Crippen LogP) is 3.71. The first kappa shape index (κ1) is 11.5. The van der Waals surface area contributed by atoms with Crippen LogP contribution in [0.1, 0.15) is 12.5 Å². The number of aromatic nitrogens is 2. The molecule has 0 aliphatic heterocycles. The predicted molar refractivity (Wildman–Crippen MR) is 71.9 cm³/mol. The summed E-state index contributed by atoms with van der Waals surface area (Å²) in [7, 11) is 0. The molecule has 84 valence electrons. The Labute approximate surface area is 107 Å². The molecule has 0 bridgehead atoms. The minimum absolute atomic E-state index is 0.771. The van der Waals surface area contributed by atoms with Crippen LogP contribution in [-0.2, 0) is 0 Å². The highest BCUT2D eigenvalue weighted by Gasteiger charge is 2.09. The second kappa shape index (κ2) is 4.93. The molecule has 1 aromatic heterocycles. The quantitative estimate of drug-likeness (QED) is 0.938. The Morgan fingerprint density at radius 3 is 2.94 bits per heavy atom. The maximum atomic E-state index is 4.43. The number of benzene rings is 1. The van der Waals surface area contributed by atoms with Crippen molar-refractivity contribution in [3.8, 4) is 11.4 Å². The van der Waals surface area contributed by atoms with Crippen molar-refractivity contribution < 1.29 is 0 Å². The molecule has 1 heterocycles. The minimum atomic E-state index is 0.771. The molecule has 0 radical (unpaired) electrons. The number of hydrogen-bond acceptors (Lipinski definition) is 4. The highest BCUT2D eigenvalue weighted by molar-refractivity contribution is 9.10. The van der Waals surface area contributed by atoms with Gasteiger partial charge in [0.25, 0.3) is 0 Å². The molecule has 2 rings (SSSR count). The molecule has 0 saturated heterocycles. The summed E-state index contributed by atoms with van der Waals surface area (Å²) in [6.07, 6.45) is 0. The van der Waals surface area contributed by atoms with Crippen LogP contribution in [-0.4, -0.2) is 15.9 Å². The molecular weight excluding hydrogens is 286 g/mol. The number of anilines is 1. The Bertz CT molecular complexity index is 496. The third-order valence-electron chi connectivity index (χ3n) is 2.12. The standard InChI is InChI=1S/C11H12BrN3S/c1-3-13-11-14-10(15-16-11)8-5-4-7(2)6-9(8)12/h4-6H,3H2,1-2H3,(H,13,14,15). The van der Waals surface area contributed by atoms with Crippen LogP contribution in [0.25, 0.3) is 11.4 Å². The molecule has 1 aromatic carbocycles. The van der Waals surface area contributed by atoms with Gasteiger partial charge in [-0.05, 0) is 31.5 Å². The van der Waals surface area contributed by atoms with Gasteiger partial charge in [-0.25, -0.2) is 0 Å². The molecule has 0 amide bonds. The highest BCUT2D eigenvalue weighted by atomic mass is 79.9. The second-order valence-corrected chi connectivity index (χ2v) is 5.04. The summed E-state index contributed by atoms with van der Waals surface area (Å²) in [6.45, 7) is 4.97. The summed E-state index contributed by atoms with van der Waals surface area (Å²) in [5.41, 5.74) is 2.25. The Kier molecular flexibility index (Phi) is 3.56. The lowest BCUT2D eigenvalue weighted by atomic mass is 10.1. The molecule has 0 fully saturated rings. The van der Waals surface area contributed by atoms with E-state index in [4.69, 9.17) is 0 Å². The van der Waals surface area contributed by atoms with Gasteiger partial charge in [-0.15, -0.1) is 0 Å². The third-order valence-corrected chi connectivity index (χ3v) is 3.45. The molecule has 3 nitrogen and oxygen atoms in total. The lowest BCUT2D eigenvalue weighted by molar-refractivity contribution is 1.18. The number of nitrogens with one attached hydrogen (secondary N) is 1. The molecular formula is C11H12BrN3S. The maximum Gasteiger partial charge on any atom is 0.202 e. The van der Waals surface area contributed by atoms with E-state index in [0.717, 1.165) is 27.5 Å². The lowest BCUT2D eigenvalue weighted by Gasteiger charge is -2.00. The van der Waals surface area contributed by atoms with Gasteiger partial charge in [0.05, 0.1) is 0 Å². The van der Waals surface area contributed by atoms with Crippen LogP contribution in [0.3, 0.4) is 0 Å². The summed E-state index contributed by atoms with van der Waals surface area (Å²) < 4.78 is 5.37. The molecule has 0 unspecified atom stereocenters. The van der Waals surface area contributed by atoms with Crippen LogP contribution in [0.4, 0.5) is 5.13 Å². The van der Waals surface area contributed by atoms with Crippen LogP contribution in [0.15, 0.2) is 22.7 Å². The SMILES string of the molecule is CCNc1nc(-c2ccc(C)cc2Br)ns1. The largest absolute Gasteiger partial charge is 0.361 e. The Morgan fingerprint density at radius 1 is 1.44 bits per heavy atom. The molecule has 2 aromatic rings. The third kappa shape index (κ3) is 2.41. The zero-order chi connectivity index (χ0) is 11.5. The van der Waals surface area contributed by atoms with Crippen molar-refractivity contribution in [1.29, 1.82) is 0 Å². The number of hydrogen-bond donors (Lipinski definition) is 1. The van der Waals surface area contributed by atoms with Gasteiger partial charge < -0.3 is 5.32 Å². The van der Waals surface area contributed by atoms with Crippen LogP contribution in [0.5, 0.6) is 0 Å². The van der Waals surface area contributed by atoms with E-state index in [-0.39, 0.29) is 0 Å². The molecule has 1 N–H and O–H groups in total. The van der Waals surface area contributed by atoms with Crippen molar-refractivity contribution >= 4 is 32.6 Å². The molecule has 5 heteroatoms. The van der Waals surface area contributed by atoms with E-state index in [1.54, 1.807) is 0 Å². The Hall–Kier alpha value is -0.940. The van der Waals surface area contributed by atoms with Gasteiger partial charge in [-0.1, -0.05) is 22.0 Å². The zero-order valence-electron chi connectivity index (χ0n) is 9.12. The van der Waals surface area contributed by atoms with E-state index in [2.05, 4.69) is 49.7 Å². The normalized spacial score (nSPS) is 10.4. The van der Waals surface area contributed by atoms with Gasteiger partial charge in [-0.2, -0.15) is 9.36 Å². The average Bonchev–Trinajstić information content (AvgIpc) is 2.67. The van der Waals surface area contributed by atoms with Crippen LogP contribution < -0.4 is 5.32 Å². The highest BCUT2D eigenvalue weighted by Crippen LogP contribution is 2.28. The van der Waals surface area contributed by atoms with Gasteiger partial charge in [0.2, 0.25) is 5.13 Å². The number of aryl methyl sites for hydroxylation is 1. The monoisotopic (exact) mass is 297 g/mol. The number of halogens is 1. The number of nitrogens with zero attached hydrogens (tertiary/aromatic N) is 2. The Morgan fingerprint density at radius 2 is 2.25 bits per heavy atom. The first-order valence-electron chi connectivity index (χ1n) is 5.05. The average molecular weight is 298 g/mol. The summed E-state index contributed by atoms with van der Waals surface area (Å²) in [5.74, 6) is 0.771. The van der Waals surface area contributed by atoms with E-state index < -0.39 is 0 Å². The topological polar surface area (TPSA) is 37.8 Å². The van der Waals surface area contributed by atoms with E-state index in [1.807, 2.05) is 13.0 Å². The van der Waals surface area contributed by atoms with Crippen LogP contribution in [0.2, 0.25) is 0 Å². The minimum Gasteiger partial charge on any atom is -0.361 e. The van der Waals surface area contributed by atoms with E-state index >= 15 is 0 Å². The molecule has 0 spiro atoms. The van der Waals surface area contributed by atoms with Crippen molar-refractivity contribution in [3.05, 3.63) is 28.2 Å². The molecule has 0 saturated carbocycles. The molecule has 16 heavy (non-hydrogen) atoms. The Balaban J connectivity index is 2.35. The first-order valence-corrected chi connectivity index (χ1v) is 6.61. The van der Waals surface area contributed by atoms with Crippen molar-refractivity contribution in [2.75, 3.05) is 11.9 Å². The molecule has 0 aliphatic carbocycles. The van der Waals surface area contributed by atoms with Crippen molar-refractivity contribution in [2.24, 2.45) is 0 Å². The van der Waals surface area contributed by atoms with Gasteiger partial charge in [0.1, 0.15) is 0 Å². The smallest absolute Gasteiger partial charge is 0.202 e. The van der Waals surface area contributed by atoms with E-state index in [1.165, 1.54) is 17.1 Å². The van der Waals surface area contributed by atoms with Crippen molar-refractivity contribution in [2.45, 2.75) is 13.8 Å². The van der Waals surface area contributed by atoms with Gasteiger partial charge in [0.15, 0.2) is 5.82 Å². The fourth-order valence-corrected chi connectivity index (χ4v) is 2.68. The fourth-order valence-electron chi connectivity index (χ4n) is 1.36. The summed E-state index contributed by atoms with van der Waals surface area (Å²) in [6, 6.07) is 6.18. The summed E-state index contributed by atoms with van der Waals surface area (Å²) in [4.78, 5) is 4.43. The second-order valence-electron chi connectivity index (χ2n) is 3.44. The summed E-state index contributed by atoms with van der Waals surface area (Å²) >= 11 is 4.93. The van der Waals surface area contributed by atoms with E-state index in [9.17, 15) is 0 Å². The van der Waals surface area contributed by atoms with Crippen LogP contribution in [0, 0.1) is 6.92 Å². The lowest BCUT2D eigenvalue weighted by Crippen LogP contribution is -1.95. The summed E-state index contributed by atoms with van der Waals surface area (Å²) in [5, 5.41) is 4.02. The van der Waals surface area contributed by atoms with Gasteiger partial charge in [0, 0.05) is 28.1 Å². The van der Waals surface area contributed by atoms with Crippen molar-refractivity contribution in [1.82, 2.24) is 9.36 Å². The van der Waals surface area contributed by atoms with Crippen LogP contribution >= 0.6 is 27.5 Å².